The highest BCUT2D eigenvalue weighted by Gasteiger charge is 2.29. The molecule has 0 radical (unpaired) electrons. The summed E-state index contributed by atoms with van der Waals surface area (Å²) in [5, 5.41) is 6.67. The lowest BCUT2D eigenvalue weighted by molar-refractivity contribution is -0.127. The highest BCUT2D eigenvalue weighted by atomic mass is 35.5. The van der Waals surface area contributed by atoms with E-state index in [1.54, 1.807) is 12.1 Å². The van der Waals surface area contributed by atoms with Gasteiger partial charge in [0, 0.05) is 43.2 Å². The molecule has 0 spiro atoms. The number of hydrogen-bond acceptors (Lipinski definition) is 3. The van der Waals surface area contributed by atoms with Gasteiger partial charge < -0.3 is 15.5 Å². The minimum absolute atomic E-state index is 0.0314. The molecule has 6 heteroatoms. The van der Waals surface area contributed by atoms with Gasteiger partial charge in [-0.15, -0.1) is 0 Å². The first-order chi connectivity index (χ1) is 14.1. The van der Waals surface area contributed by atoms with Gasteiger partial charge in [0.1, 0.15) is 0 Å². The van der Waals surface area contributed by atoms with Crippen molar-refractivity contribution in [3.05, 3.63) is 64.2 Å². The number of anilines is 1. The van der Waals surface area contributed by atoms with E-state index in [2.05, 4.69) is 33.7 Å². The SMILES string of the molecule is O=C(CCC(=O)N[C@@H]1CCN2CCCc3cccc1c32)NCc1ccc(Cl)cc1. The van der Waals surface area contributed by atoms with Crippen LogP contribution in [-0.2, 0) is 22.6 Å². The smallest absolute Gasteiger partial charge is 0.220 e. The van der Waals surface area contributed by atoms with Gasteiger partial charge >= 0.3 is 0 Å². The molecule has 2 aromatic carbocycles. The van der Waals surface area contributed by atoms with Gasteiger partial charge in [0.05, 0.1) is 6.04 Å². The molecule has 1 atom stereocenters. The molecular weight excluding hydrogens is 386 g/mol. The molecule has 29 heavy (non-hydrogen) atoms. The van der Waals surface area contributed by atoms with E-state index in [4.69, 9.17) is 11.6 Å². The monoisotopic (exact) mass is 411 g/mol. The molecule has 2 N–H and O–H groups in total. The Labute approximate surface area is 176 Å². The van der Waals surface area contributed by atoms with Gasteiger partial charge in [-0.2, -0.15) is 0 Å². The second-order valence-electron chi connectivity index (χ2n) is 7.76. The Morgan fingerprint density at radius 3 is 2.66 bits per heavy atom. The zero-order valence-electron chi connectivity index (χ0n) is 16.4. The summed E-state index contributed by atoms with van der Waals surface area (Å²) in [4.78, 5) is 27.0. The highest BCUT2D eigenvalue weighted by Crippen LogP contribution is 2.39. The topological polar surface area (TPSA) is 61.4 Å². The average Bonchev–Trinajstić information content (AvgIpc) is 2.74. The van der Waals surface area contributed by atoms with Gasteiger partial charge in [-0.1, -0.05) is 41.9 Å². The third-order valence-electron chi connectivity index (χ3n) is 5.72. The standard InChI is InChI=1S/C23H26ClN3O2/c24-18-8-6-16(7-9-18)15-25-21(28)10-11-22(29)26-20-12-14-27-13-2-4-17-3-1-5-19(20)23(17)27/h1,3,5-9,20H,2,4,10-15H2,(H,25,28)(H,26,29)/t20-/m1/s1. The van der Waals surface area contributed by atoms with Crippen LogP contribution in [0.25, 0.3) is 0 Å². The Morgan fingerprint density at radius 2 is 1.83 bits per heavy atom. The zero-order chi connectivity index (χ0) is 20.2. The van der Waals surface area contributed by atoms with Gasteiger partial charge in [-0.25, -0.2) is 0 Å². The summed E-state index contributed by atoms with van der Waals surface area (Å²) in [7, 11) is 0. The van der Waals surface area contributed by atoms with Crippen molar-refractivity contribution in [1.29, 1.82) is 0 Å². The lowest BCUT2D eigenvalue weighted by Gasteiger charge is -2.40. The number of nitrogens with zero attached hydrogens (tertiary/aromatic N) is 1. The van der Waals surface area contributed by atoms with Crippen molar-refractivity contribution in [3.8, 4) is 0 Å². The summed E-state index contributed by atoms with van der Waals surface area (Å²) >= 11 is 5.86. The third-order valence-corrected chi connectivity index (χ3v) is 5.97. The van der Waals surface area contributed by atoms with Crippen LogP contribution in [0.1, 0.15) is 48.4 Å². The summed E-state index contributed by atoms with van der Waals surface area (Å²) in [6.45, 7) is 2.50. The third kappa shape index (κ3) is 4.73. The normalized spacial score (nSPS) is 17.4. The van der Waals surface area contributed by atoms with Crippen LogP contribution >= 0.6 is 11.6 Å². The zero-order valence-corrected chi connectivity index (χ0v) is 17.2. The van der Waals surface area contributed by atoms with E-state index in [0.717, 1.165) is 31.5 Å². The van der Waals surface area contributed by atoms with Crippen LogP contribution in [0.2, 0.25) is 5.02 Å². The van der Waals surface area contributed by atoms with E-state index in [1.807, 2.05) is 12.1 Å². The van der Waals surface area contributed by atoms with Crippen molar-refractivity contribution in [2.75, 3.05) is 18.0 Å². The number of carbonyl (C=O) groups excluding carboxylic acids is 2. The number of amides is 2. The molecule has 152 valence electrons. The Morgan fingerprint density at radius 1 is 1.03 bits per heavy atom. The van der Waals surface area contributed by atoms with E-state index < -0.39 is 0 Å². The van der Waals surface area contributed by atoms with Crippen molar-refractivity contribution in [1.82, 2.24) is 10.6 Å². The quantitative estimate of drug-likeness (QED) is 0.761. The van der Waals surface area contributed by atoms with Gasteiger partial charge in [-0.3, -0.25) is 9.59 Å². The van der Waals surface area contributed by atoms with E-state index in [-0.39, 0.29) is 30.7 Å². The molecule has 0 aliphatic carbocycles. The molecule has 2 aliphatic rings. The van der Waals surface area contributed by atoms with E-state index in [1.165, 1.54) is 23.2 Å². The van der Waals surface area contributed by atoms with Crippen molar-refractivity contribution >= 4 is 29.1 Å². The van der Waals surface area contributed by atoms with Crippen LogP contribution in [-0.4, -0.2) is 24.9 Å². The molecular formula is C23H26ClN3O2. The van der Waals surface area contributed by atoms with Crippen molar-refractivity contribution < 1.29 is 9.59 Å². The maximum atomic E-state index is 12.5. The predicted molar refractivity (Wildman–Crippen MR) is 115 cm³/mol. The first-order valence-electron chi connectivity index (χ1n) is 10.3. The van der Waals surface area contributed by atoms with E-state index in [0.29, 0.717) is 11.6 Å². The Balaban J connectivity index is 1.28. The molecule has 2 amide bonds. The van der Waals surface area contributed by atoms with E-state index in [9.17, 15) is 9.59 Å². The fourth-order valence-electron chi connectivity index (χ4n) is 4.25. The summed E-state index contributed by atoms with van der Waals surface area (Å²) in [6, 6.07) is 13.8. The maximum absolute atomic E-state index is 12.5. The molecule has 0 bridgehead atoms. The fraction of sp³-hybridized carbons (Fsp3) is 0.391. The minimum Gasteiger partial charge on any atom is -0.371 e. The van der Waals surface area contributed by atoms with E-state index >= 15 is 0 Å². The summed E-state index contributed by atoms with van der Waals surface area (Å²) in [5.41, 5.74) is 4.90. The number of nitrogens with one attached hydrogen (secondary N) is 2. The van der Waals surface area contributed by atoms with Gasteiger partial charge in [-0.05, 0) is 48.1 Å². The van der Waals surface area contributed by atoms with Gasteiger partial charge in [0.15, 0.2) is 0 Å². The fourth-order valence-corrected chi connectivity index (χ4v) is 4.38. The number of hydrogen-bond donors (Lipinski definition) is 2. The minimum atomic E-state index is -0.123. The number of halogens is 1. The summed E-state index contributed by atoms with van der Waals surface area (Å²) in [5.74, 6) is -0.194. The van der Waals surface area contributed by atoms with Crippen LogP contribution in [0.5, 0.6) is 0 Å². The molecule has 2 heterocycles. The van der Waals surface area contributed by atoms with Crippen molar-refractivity contribution in [2.45, 2.75) is 44.7 Å². The molecule has 2 aliphatic heterocycles. The van der Waals surface area contributed by atoms with Crippen LogP contribution in [0.15, 0.2) is 42.5 Å². The largest absolute Gasteiger partial charge is 0.371 e. The van der Waals surface area contributed by atoms with Gasteiger partial charge in [0.25, 0.3) is 0 Å². The molecule has 2 aromatic rings. The maximum Gasteiger partial charge on any atom is 0.220 e. The van der Waals surface area contributed by atoms with Crippen LogP contribution < -0.4 is 15.5 Å². The van der Waals surface area contributed by atoms with Crippen LogP contribution in [0, 0.1) is 0 Å². The molecule has 0 aromatic heterocycles. The second-order valence-corrected chi connectivity index (χ2v) is 8.19. The number of aryl methyl sites for hydroxylation is 1. The average molecular weight is 412 g/mol. The van der Waals surface area contributed by atoms with Crippen LogP contribution in [0.3, 0.4) is 0 Å². The lowest BCUT2D eigenvalue weighted by atomic mass is 9.89. The van der Waals surface area contributed by atoms with Crippen molar-refractivity contribution in [3.63, 3.8) is 0 Å². The molecule has 4 rings (SSSR count). The lowest BCUT2D eigenvalue weighted by Crippen LogP contribution is -2.40. The van der Waals surface area contributed by atoms with Crippen molar-refractivity contribution in [2.24, 2.45) is 0 Å². The Hall–Kier alpha value is -2.53. The second kappa shape index (κ2) is 8.87. The van der Waals surface area contributed by atoms with Gasteiger partial charge in [0.2, 0.25) is 11.8 Å². The predicted octanol–water partition coefficient (Wildman–Crippen LogP) is 3.75. The number of rotatable bonds is 6. The first kappa shape index (κ1) is 19.8. The summed E-state index contributed by atoms with van der Waals surface area (Å²) < 4.78 is 0. The number of benzene rings is 2. The molecule has 0 saturated carbocycles. The number of carbonyl (C=O) groups is 2. The first-order valence-corrected chi connectivity index (χ1v) is 10.7. The number of para-hydroxylation sites is 1. The summed E-state index contributed by atoms with van der Waals surface area (Å²) in [6.07, 6.45) is 3.59. The van der Waals surface area contributed by atoms with Crippen LogP contribution in [0.4, 0.5) is 5.69 Å². The molecule has 0 fully saturated rings. The highest BCUT2D eigenvalue weighted by molar-refractivity contribution is 6.30. The molecule has 0 unspecified atom stereocenters. The molecule has 0 saturated heterocycles. The Bertz CT molecular complexity index is 897. The molecule has 5 nitrogen and oxygen atoms in total. The Kier molecular flexibility index (Phi) is 6.05.